The molecule has 1 aliphatic heterocycles. The van der Waals surface area contributed by atoms with E-state index in [-0.39, 0.29) is 18.2 Å². The van der Waals surface area contributed by atoms with Crippen LogP contribution in [-0.4, -0.2) is 32.9 Å². The van der Waals surface area contributed by atoms with Crippen LogP contribution in [0.4, 0.5) is 9.18 Å². The summed E-state index contributed by atoms with van der Waals surface area (Å²) in [5.41, 5.74) is 2.11. The van der Waals surface area contributed by atoms with E-state index in [2.05, 4.69) is 5.32 Å². The number of rotatable bonds is 5. The van der Waals surface area contributed by atoms with Gasteiger partial charge in [-0.25, -0.2) is 14.0 Å². The Balaban J connectivity index is 1.69. The number of ketones is 1. The molecule has 2 heterocycles. The molecule has 1 aromatic heterocycles. The Morgan fingerprint density at radius 1 is 1.03 bits per heavy atom. The molecule has 0 saturated carbocycles. The minimum atomic E-state index is -0.716. The molecule has 34 heavy (non-hydrogen) atoms. The molecule has 2 amide bonds. The zero-order valence-electron chi connectivity index (χ0n) is 18.9. The molecule has 1 atom stereocenters. The molecule has 0 unspecified atom stereocenters. The van der Waals surface area contributed by atoms with Crippen LogP contribution in [0.1, 0.15) is 22.7 Å². The summed E-state index contributed by atoms with van der Waals surface area (Å²) in [4.78, 5) is 51.2. The van der Waals surface area contributed by atoms with E-state index >= 15 is 0 Å². The van der Waals surface area contributed by atoms with E-state index in [1.165, 1.54) is 59.2 Å². The van der Waals surface area contributed by atoms with Crippen LogP contribution in [0.5, 0.6) is 0 Å². The zero-order valence-corrected chi connectivity index (χ0v) is 18.9. The largest absolute Gasteiger partial charge is 0.335 e. The first-order valence-corrected chi connectivity index (χ1v) is 10.6. The van der Waals surface area contributed by atoms with E-state index in [1.54, 1.807) is 25.2 Å². The molecule has 3 aromatic rings. The van der Waals surface area contributed by atoms with Crippen molar-refractivity contribution in [1.82, 2.24) is 19.4 Å². The van der Waals surface area contributed by atoms with Gasteiger partial charge in [0.2, 0.25) is 0 Å². The number of amides is 2. The van der Waals surface area contributed by atoms with Gasteiger partial charge in [-0.15, -0.1) is 0 Å². The molecule has 1 N–H and O–H groups in total. The van der Waals surface area contributed by atoms with Gasteiger partial charge < -0.3 is 10.2 Å². The van der Waals surface area contributed by atoms with Crippen molar-refractivity contribution in [3.63, 3.8) is 0 Å². The standard InChI is InChI=1S/C25H23FN4O4/c1-15-4-9-19(30-11-10-22(32)29(3)25(30)34)12-17(15)13-21(31)20-14-28(2)24(33)27-23(20)16-5-7-18(26)8-6-16/h4-12,14,23H,13H2,1-3H3,(H,27,33)/t23-/m0/s1. The molecule has 2 aromatic carbocycles. The van der Waals surface area contributed by atoms with Crippen LogP contribution in [0, 0.1) is 12.7 Å². The van der Waals surface area contributed by atoms with E-state index in [0.29, 0.717) is 22.4 Å². The highest BCUT2D eigenvalue weighted by Crippen LogP contribution is 2.28. The second-order valence-corrected chi connectivity index (χ2v) is 8.21. The van der Waals surface area contributed by atoms with Gasteiger partial charge in [-0.2, -0.15) is 0 Å². The molecule has 9 heteroatoms. The average Bonchev–Trinajstić information content (AvgIpc) is 2.81. The quantitative estimate of drug-likeness (QED) is 0.630. The molecule has 4 rings (SSSR count). The lowest BCUT2D eigenvalue weighted by Gasteiger charge is -2.30. The predicted molar refractivity (Wildman–Crippen MR) is 124 cm³/mol. The van der Waals surface area contributed by atoms with Gasteiger partial charge in [0.1, 0.15) is 5.82 Å². The molecular formula is C25H23FN4O4. The lowest BCUT2D eigenvalue weighted by Crippen LogP contribution is -2.43. The zero-order chi connectivity index (χ0) is 24.6. The van der Waals surface area contributed by atoms with E-state index in [1.807, 2.05) is 6.92 Å². The predicted octanol–water partition coefficient (Wildman–Crippen LogP) is 2.38. The Labute approximate surface area is 194 Å². The minimum Gasteiger partial charge on any atom is -0.327 e. The number of carbonyl (C=O) groups is 2. The summed E-state index contributed by atoms with van der Waals surface area (Å²) in [6, 6.07) is 11.1. The Morgan fingerprint density at radius 3 is 2.44 bits per heavy atom. The van der Waals surface area contributed by atoms with E-state index < -0.39 is 23.1 Å². The third-order valence-corrected chi connectivity index (χ3v) is 5.91. The van der Waals surface area contributed by atoms with Crippen LogP contribution in [0.2, 0.25) is 0 Å². The van der Waals surface area contributed by atoms with Crippen LogP contribution in [0.15, 0.2) is 76.1 Å². The number of aryl methyl sites for hydroxylation is 1. The van der Waals surface area contributed by atoms with E-state index in [9.17, 15) is 23.6 Å². The second-order valence-electron chi connectivity index (χ2n) is 8.21. The normalized spacial score (nSPS) is 15.6. The van der Waals surface area contributed by atoms with Gasteiger partial charge in [-0.3, -0.25) is 18.7 Å². The number of aromatic nitrogens is 2. The Morgan fingerprint density at radius 2 is 1.74 bits per heavy atom. The summed E-state index contributed by atoms with van der Waals surface area (Å²) >= 11 is 0. The van der Waals surface area contributed by atoms with E-state index in [4.69, 9.17) is 0 Å². The van der Waals surface area contributed by atoms with Gasteiger partial charge >= 0.3 is 11.7 Å². The molecule has 0 bridgehead atoms. The number of carbonyl (C=O) groups excluding carboxylic acids is 2. The van der Waals surface area contributed by atoms with Crippen LogP contribution < -0.4 is 16.6 Å². The molecule has 0 saturated heterocycles. The van der Waals surface area contributed by atoms with Crippen LogP contribution in [0.25, 0.3) is 5.69 Å². The van der Waals surface area contributed by atoms with Crippen molar-refractivity contribution in [2.24, 2.45) is 7.05 Å². The van der Waals surface area contributed by atoms with Gasteiger partial charge in [-0.1, -0.05) is 18.2 Å². The van der Waals surface area contributed by atoms with Crippen molar-refractivity contribution >= 4 is 11.8 Å². The maximum absolute atomic E-state index is 13.4. The Bertz CT molecular complexity index is 1440. The first kappa shape index (κ1) is 22.9. The van der Waals surface area contributed by atoms with Gasteiger partial charge in [0.15, 0.2) is 5.78 Å². The van der Waals surface area contributed by atoms with Crippen LogP contribution >= 0.6 is 0 Å². The summed E-state index contributed by atoms with van der Waals surface area (Å²) in [7, 11) is 2.94. The lowest BCUT2D eigenvalue weighted by atomic mass is 9.91. The molecule has 0 fully saturated rings. The van der Waals surface area contributed by atoms with Gasteiger partial charge in [0.25, 0.3) is 5.56 Å². The van der Waals surface area contributed by atoms with Gasteiger partial charge in [0.05, 0.1) is 11.7 Å². The van der Waals surface area contributed by atoms with Crippen molar-refractivity contribution in [3.05, 3.63) is 110 Å². The smallest absolute Gasteiger partial charge is 0.327 e. The number of nitrogens with zero attached hydrogens (tertiary/aromatic N) is 3. The molecule has 0 aliphatic carbocycles. The fourth-order valence-electron chi connectivity index (χ4n) is 3.84. The Kier molecular flexibility index (Phi) is 6.02. The first-order valence-electron chi connectivity index (χ1n) is 10.6. The Hall–Kier alpha value is -4.27. The number of nitrogens with one attached hydrogen (secondary N) is 1. The van der Waals surface area contributed by atoms with Gasteiger partial charge in [0, 0.05) is 44.6 Å². The van der Waals surface area contributed by atoms with Gasteiger partial charge in [-0.05, 0) is 47.9 Å². The number of halogens is 1. The third-order valence-electron chi connectivity index (χ3n) is 5.91. The second kappa shape index (κ2) is 8.93. The number of benzene rings is 2. The number of urea groups is 1. The fourth-order valence-corrected chi connectivity index (χ4v) is 3.84. The summed E-state index contributed by atoms with van der Waals surface area (Å²) in [6.07, 6.45) is 2.92. The average molecular weight is 462 g/mol. The minimum absolute atomic E-state index is 0.0213. The highest BCUT2D eigenvalue weighted by Gasteiger charge is 2.30. The van der Waals surface area contributed by atoms with Crippen molar-refractivity contribution in [2.45, 2.75) is 19.4 Å². The summed E-state index contributed by atoms with van der Waals surface area (Å²) in [6.45, 7) is 1.86. The molecule has 8 nitrogen and oxygen atoms in total. The molecular weight excluding hydrogens is 439 g/mol. The monoisotopic (exact) mass is 462 g/mol. The third kappa shape index (κ3) is 4.32. The van der Waals surface area contributed by atoms with Crippen molar-refractivity contribution < 1.29 is 14.0 Å². The van der Waals surface area contributed by atoms with E-state index in [0.717, 1.165) is 10.1 Å². The number of Topliss-reactive ketones (excluding diaryl/α,β-unsaturated/α-hetero) is 1. The topological polar surface area (TPSA) is 93.4 Å². The molecule has 174 valence electrons. The number of hydrogen-bond donors (Lipinski definition) is 1. The highest BCUT2D eigenvalue weighted by atomic mass is 19.1. The maximum atomic E-state index is 13.4. The summed E-state index contributed by atoms with van der Waals surface area (Å²) in [5, 5.41) is 2.79. The highest BCUT2D eigenvalue weighted by molar-refractivity contribution is 6.00. The van der Waals surface area contributed by atoms with Crippen LogP contribution in [0.3, 0.4) is 0 Å². The van der Waals surface area contributed by atoms with Crippen LogP contribution in [-0.2, 0) is 18.3 Å². The fraction of sp³-hybridized carbons (Fsp3) is 0.200. The molecule has 0 spiro atoms. The number of hydrogen-bond acceptors (Lipinski definition) is 4. The summed E-state index contributed by atoms with van der Waals surface area (Å²) < 4.78 is 15.8. The van der Waals surface area contributed by atoms with Crippen molar-refractivity contribution in [1.29, 1.82) is 0 Å². The van der Waals surface area contributed by atoms with Crippen molar-refractivity contribution in [2.75, 3.05) is 7.05 Å². The van der Waals surface area contributed by atoms with Crippen molar-refractivity contribution in [3.8, 4) is 5.69 Å². The summed E-state index contributed by atoms with van der Waals surface area (Å²) in [5.74, 6) is -0.643. The first-order chi connectivity index (χ1) is 16.2. The molecule has 0 radical (unpaired) electrons. The molecule has 1 aliphatic rings. The maximum Gasteiger partial charge on any atom is 0.335 e. The lowest BCUT2D eigenvalue weighted by molar-refractivity contribution is -0.115. The SMILES string of the molecule is Cc1ccc(-n2ccc(=O)n(C)c2=O)cc1CC(=O)C1=CN(C)C(=O)N[C@H]1c1ccc(F)cc1.